The Morgan fingerprint density at radius 3 is 2.62 bits per heavy atom. The first-order valence-corrected chi connectivity index (χ1v) is 6.91. The lowest BCUT2D eigenvalue weighted by Crippen LogP contribution is -2.24. The van der Waals surface area contributed by atoms with Crippen LogP contribution in [0.15, 0.2) is 42.5 Å². The molecule has 0 aliphatic carbocycles. The summed E-state index contributed by atoms with van der Waals surface area (Å²) in [7, 11) is 2.05. The molecule has 21 heavy (non-hydrogen) atoms. The third-order valence-electron chi connectivity index (χ3n) is 3.10. The molecule has 0 atom stereocenters. The van der Waals surface area contributed by atoms with E-state index in [0.717, 1.165) is 30.2 Å². The van der Waals surface area contributed by atoms with Crippen LogP contribution in [-0.4, -0.2) is 30.1 Å². The van der Waals surface area contributed by atoms with Gasteiger partial charge in [0.25, 0.3) is 0 Å². The van der Waals surface area contributed by atoms with E-state index in [1.165, 1.54) is 0 Å². The normalized spacial score (nSPS) is 10.4. The first-order valence-electron chi connectivity index (χ1n) is 6.91. The van der Waals surface area contributed by atoms with Crippen molar-refractivity contribution < 1.29 is 4.74 Å². The molecule has 0 unspecified atom stereocenters. The summed E-state index contributed by atoms with van der Waals surface area (Å²) in [6.07, 6.45) is 0. The molecule has 4 nitrogen and oxygen atoms in total. The molecule has 1 aromatic heterocycles. The van der Waals surface area contributed by atoms with Gasteiger partial charge >= 0.3 is 0 Å². The van der Waals surface area contributed by atoms with Crippen molar-refractivity contribution in [3.8, 4) is 11.8 Å². The number of pyridine rings is 1. The molecule has 0 amide bonds. The second-order valence-corrected chi connectivity index (χ2v) is 4.99. The van der Waals surface area contributed by atoms with Gasteiger partial charge in [-0.25, -0.2) is 0 Å². The van der Waals surface area contributed by atoms with Crippen LogP contribution in [0.25, 0.3) is 0 Å². The number of nitrogens with zero attached hydrogens (tertiary/aromatic N) is 3. The van der Waals surface area contributed by atoms with Gasteiger partial charge in [0.05, 0.1) is 17.3 Å². The minimum Gasteiger partial charge on any atom is -0.492 e. The van der Waals surface area contributed by atoms with Gasteiger partial charge in [-0.1, -0.05) is 6.07 Å². The fourth-order valence-electron chi connectivity index (χ4n) is 1.99. The highest BCUT2D eigenvalue weighted by Gasteiger charge is 2.02. The summed E-state index contributed by atoms with van der Waals surface area (Å²) >= 11 is 0. The molecule has 0 radical (unpaired) electrons. The number of nitriles is 1. The summed E-state index contributed by atoms with van der Waals surface area (Å²) in [5.74, 6) is 0.788. The van der Waals surface area contributed by atoms with Crippen LogP contribution < -0.4 is 4.74 Å². The second kappa shape index (κ2) is 7.41. The van der Waals surface area contributed by atoms with Crippen molar-refractivity contribution in [1.82, 2.24) is 9.88 Å². The first-order chi connectivity index (χ1) is 10.2. The second-order valence-electron chi connectivity index (χ2n) is 4.99. The molecule has 2 aromatic rings. The van der Waals surface area contributed by atoms with Gasteiger partial charge in [0.15, 0.2) is 0 Å². The Hall–Kier alpha value is -2.38. The fraction of sp³-hybridized carbons (Fsp3) is 0.294. The van der Waals surface area contributed by atoms with E-state index < -0.39 is 0 Å². The van der Waals surface area contributed by atoms with Crippen molar-refractivity contribution in [2.75, 3.05) is 20.2 Å². The predicted molar refractivity (Wildman–Crippen MR) is 82.0 cm³/mol. The van der Waals surface area contributed by atoms with Crippen LogP contribution in [0.5, 0.6) is 5.75 Å². The van der Waals surface area contributed by atoms with Crippen molar-refractivity contribution in [2.24, 2.45) is 0 Å². The van der Waals surface area contributed by atoms with Crippen molar-refractivity contribution >= 4 is 0 Å². The van der Waals surface area contributed by atoms with Crippen LogP contribution in [0, 0.1) is 18.3 Å². The first kappa shape index (κ1) is 15.0. The van der Waals surface area contributed by atoms with Crippen LogP contribution in [-0.2, 0) is 6.54 Å². The van der Waals surface area contributed by atoms with Gasteiger partial charge in [-0.15, -0.1) is 0 Å². The van der Waals surface area contributed by atoms with Crippen molar-refractivity contribution in [1.29, 1.82) is 5.26 Å². The molecule has 2 rings (SSSR count). The minimum absolute atomic E-state index is 0.605. The molecule has 108 valence electrons. The largest absolute Gasteiger partial charge is 0.492 e. The van der Waals surface area contributed by atoms with E-state index >= 15 is 0 Å². The summed E-state index contributed by atoms with van der Waals surface area (Å²) in [5, 5.41) is 8.73. The smallest absolute Gasteiger partial charge is 0.119 e. The number of aromatic nitrogens is 1. The maximum absolute atomic E-state index is 8.73. The predicted octanol–water partition coefficient (Wildman–Crippen LogP) is 2.77. The molecule has 0 aliphatic rings. The van der Waals surface area contributed by atoms with E-state index in [0.29, 0.717) is 12.2 Å². The molecule has 0 saturated carbocycles. The van der Waals surface area contributed by atoms with Gasteiger partial charge in [-0.2, -0.15) is 5.26 Å². The SMILES string of the molecule is Cc1cccc(CN(C)CCOc2ccc(C#N)cc2)n1. The van der Waals surface area contributed by atoms with Gasteiger partial charge in [0.2, 0.25) is 0 Å². The van der Waals surface area contributed by atoms with E-state index in [1.54, 1.807) is 12.1 Å². The van der Waals surface area contributed by atoms with Crippen molar-refractivity contribution in [2.45, 2.75) is 13.5 Å². The molecule has 0 bridgehead atoms. The van der Waals surface area contributed by atoms with Crippen LogP contribution in [0.2, 0.25) is 0 Å². The molecule has 0 spiro atoms. The number of likely N-dealkylation sites (N-methyl/N-ethyl adjacent to an activating group) is 1. The summed E-state index contributed by atoms with van der Waals surface area (Å²) in [6.45, 7) is 4.22. The summed E-state index contributed by atoms with van der Waals surface area (Å²) < 4.78 is 5.67. The molecule has 4 heteroatoms. The van der Waals surface area contributed by atoms with Crippen molar-refractivity contribution in [3.63, 3.8) is 0 Å². The molecule has 1 heterocycles. The zero-order chi connectivity index (χ0) is 15.1. The Kier molecular flexibility index (Phi) is 5.30. The van der Waals surface area contributed by atoms with Crippen molar-refractivity contribution in [3.05, 3.63) is 59.4 Å². The summed E-state index contributed by atoms with van der Waals surface area (Å²) in [5.41, 5.74) is 2.75. The lowest BCUT2D eigenvalue weighted by atomic mass is 10.2. The quantitative estimate of drug-likeness (QED) is 0.817. The number of hydrogen-bond acceptors (Lipinski definition) is 4. The number of hydrogen-bond donors (Lipinski definition) is 0. The molecule has 0 fully saturated rings. The van der Waals surface area contributed by atoms with Gasteiger partial charge in [-0.3, -0.25) is 9.88 Å². The fourth-order valence-corrected chi connectivity index (χ4v) is 1.99. The van der Waals surface area contributed by atoms with Gasteiger partial charge in [0, 0.05) is 18.8 Å². The average molecular weight is 281 g/mol. The van der Waals surface area contributed by atoms with E-state index in [-0.39, 0.29) is 0 Å². The van der Waals surface area contributed by atoms with Gasteiger partial charge < -0.3 is 4.74 Å². The van der Waals surface area contributed by atoms with Crippen LogP contribution in [0.3, 0.4) is 0 Å². The molecular weight excluding hydrogens is 262 g/mol. The molecule has 1 aromatic carbocycles. The Morgan fingerprint density at radius 1 is 1.19 bits per heavy atom. The monoisotopic (exact) mass is 281 g/mol. The highest BCUT2D eigenvalue weighted by atomic mass is 16.5. The van der Waals surface area contributed by atoms with Crippen LogP contribution in [0.4, 0.5) is 0 Å². The van der Waals surface area contributed by atoms with Crippen LogP contribution in [0.1, 0.15) is 17.0 Å². The maximum Gasteiger partial charge on any atom is 0.119 e. The summed E-state index contributed by atoms with van der Waals surface area (Å²) in [4.78, 5) is 6.66. The zero-order valence-electron chi connectivity index (χ0n) is 12.4. The Balaban J connectivity index is 1.76. The zero-order valence-corrected chi connectivity index (χ0v) is 12.4. The van der Waals surface area contributed by atoms with E-state index in [9.17, 15) is 0 Å². The molecule has 0 saturated heterocycles. The molecule has 0 aliphatic heterocycles. The number of benzene rings is 1. The Bertz CT molecular complexity index is 617. The minimum atomic E-state index is 0.605. The van der Waals surface area contributed by atoms with E-state index in [4.69, 9.17) is 10.00 Å². The lowest BCUT2D eigenvalue weighted by Gasteiger charge is -2.16. The highest BCUT2D eigenvalue weighted by molar-refractivity contribution is 5.34. The Labute approximate surface area is 125 Å². The number of aryl methyl sites for hydroxylation is 1. The highest BCUT2D eigenvalue weighted by Crippen LogP contribution is 2.11. The Morgan fingerprint density at radius 2 is 1.95 bits per heavy atom. The van der Waals surface area contributed by atoms with E-state index in [2.05, 4.69) is 16.0 Å². The molecular formula is C17H19N3O. The molecule has 0 N–H and O–H groups in total. The van der Waals surface area contributed by atoms with Gasteiger partial charge in [0.1, 0.15) is 12.4 Å². The van der Waals surface area contributed by atoms with Crippen LogP contribution >= 0.6 is 0 Å². The number of ether oxygens (including phenoxy) is 1. The third kappa shape index (κ3) is 4.90. The average Bonchev–Trinajstić information content (AvgIpc) is 2.48. The van der Waals surface area contributed by atoms with E-state index in [1.807, 2.05) is 44.3 Å². The summed E-state index contributed by atoms with van der Waals surface area (Å²) in [6, 6.07) is 15.3. The lowest BCUT2D eigenvalue weighted by molar-refractivity contribution is 0.231. The maximum atomic E-state index is 8.73. The van der Waals surface area contributed by atoms with Gasteiger partial charge in [-0.05, 0) is 50.4 Å². The third-order valence-corrected chi connectivity index (χ3v) is 3.10. The topological polar surface area (TPSA) is 49.1 Å². The standard InChI is InChI=1S/C17H19N3O/c1-14-4-3-5-16(19-14)13-20(2)10-11-21-17-8-6-15(12-18)7-9-17/h3-9H,10-11,13H2,1-2H3. The number of rotatable bonds is 6.